The van der Waals surface area contributed by atoms with E-state index >= 15 is 0 Å². The first kappa shape index (κ1) is 20.7. The number of para-hydroxylation sites is 1. The van der Waals surface area contributed by atoms with Gasteiger partial charge in [0.15, 0.2) is 0 Å². The minimum absolute atomic E-state index is 0.0808. The topological polar surface area (TPSA) is 76.3 Å². The van der Waals surface area contributed by atoms with Crippen molar-refractivity contribution >= 4 is 12.0 Å². The van der Waals surface area contributed by atoms with Gasteiger partial charge >= 0.3 is 0 Å². The average molecular weight is 393 g/mol. The van der Waals surface area contributed by atoms with Gasteiger partial charge in [-0.05, 0) is 50.5 Å². The van der Waals surface area contributed by atoms with E-state index in [0.717, 1.165) is 48.5 Å². The van der Waals surface area contributed by atoms with Crippen LogP contribution in [0.1, 0.15) is 35.4 Å². The van der Waals surface area contributed by atoms with E-state index in [-0.39, 0.29) is 11.7 Å². The van der Waals surface area contributed by atoms with E-state index in [2.05, 4.69) is 9.88 Å². The summed E-state index contributed by atoms with van der Waals surface area (Å²) in [6.45, 7) is 5.96. The molecule has 3 rings (SSSR count). The molecule has 1 aliphatic rings. The fourth-order valence-corrected chi connectivity index (χ4v) is 3.67. The van der Waals surface area contributed by atoms with Crippen LogP contribution in [-0.4, -0.2) is 30.3 Å². The number of carbonyl (C=O) groups excluding carboxylic acids is 1. The summed E-state index contributed by atoms with van der Waals surface area (Å²) in [6, 6.07) is 11.5. The van der Waals surface area contributed by atoms with Crippen LogP contribution in [0.15, 0.2) is 35.9 Å². The number of methoxy groups -OCH3 is 1. The summed E-state index contributed by atoms with van der Waals surface area (Å²) in [5.41, 5.74) is 3.94. The normalized spacial score (nSPS) is 16.5. The largest absolute Gasteiger partial charge is 0.496 e. The van der Waals surface area contributed by atoms with E-state index in [1.807, 2.05) is 50.2 Å². The molecule has 0 unspecified atom stereocenters. The summed E-state index contributed by atoms with van der Waals surface area (Å²) in [5, 5.41) is 12.3. The van der Waals surface area contributed by atoms with Crippen molar-refractivity contribution in [1.82, 2.24) is 9.88 Å². The Balaban J connectivity index is 1.73. The fourth-order valence-electron chi connectivity index (χ4n) is 3.67. The molecule has 2 heterocycles. The smallest absolute Gasteiger partial charge is 0.262 e. The molecule has 0 spiro atoms. The van der Waals surface area contributed by atoms with Gasteiger partial charge in [-0.25, -0.2) is 0 Å². The number of nitrogens with one attached hydrogen (secondary N) is 1. The van der Waals surface area contributed by atoms with Crippen LogP contribution in [0.4, 0.5) is 0 Å². The van der Waals surface area contributed by atoms with Crippen molar-refractivity contribution < 1.29 is 14.3 Å². The summed E-state index contributed by atoms with van der Waals surface area (Å²) < 4.78 is 13.2. The third-order valence-electron chi connectivity index (χ3n) is 5.32. The Kier molecular flexibility index (Phi) is 6.73. The molecule has 1 fully saturated rings. The SMILES string of the molecule is COc1ccccc1CNC(=O)/C(C#N)=C/c1cc(C)n(C[C@@H]2CCCO2)c1C. The molecular weight excluding hydrogens is 366 g/mol. The van der Waals surface area contributed by atoms with Crippen molar-refractivity contribution in [2.45, 2.75) is 45.9 Å². The summed E-state index contributed by atoms with van der Waals surface area (Å²) in [5.74, 6) is 0.301. The molecule has 1 N–H and O–H groups in total. The molecule has 29 heavy (non-hydrogen) atoms. The number of ether oxygens (including phenoxy) is 2. The lowest BCUT2D eigenvalue weighted by Crippen LogP contribution is -2.24. The highest BCUT2D eigenvalue weighted by atomic mass is 16.5. The van der Waals surface area contributed by atoms with Gasteiger partial charge in [-0.1, -0.05) is 18.2 Å². The van der Waals surface area contributed by atoms with Crippen molar-refractivity contribution in [3.63, 3.8) is 0 Å². The Morgan fingerprint density at radius 2 is 2.21 bits per heavy atom. The quantitative estimate of drug-likeness (QED) is 0.577. The van der Waals surface area contributed by atoms with E-state index in [0.29, 0.717) is 12.3 Å². The number of carbonyl (C=O) groups is 1. The molecular formula is C23H27N3O3. The molecule has 1 atom stereocenters. The van der Waals surface area contributed by atoms with Crippen LogP contribution in [0.3, 0.4) is 0 Å². The minimum atomic E-state index is -0.401. The standard InChI is InChI=1S/C23H27N3O3/c1-16-11-19(17(2)26(16)15-21-8-6-10-29-21)12-20(13-24)23(27)25-14-18-7-4-5-9-22(18)28-3/h4-5,7,9,11-12,21H,6,8,10,14-15H2,1-3H3,(H,25,27)/b20-12+/t21-/m0/s1. The zero-order valence-electron chi connectivity index (χ0n) is 17.2. The Morgan fingerprint density at radius 3 is 2.90 bits per heavy atom. The van der Waals surface area contributed by atoms with Crippen LogP contribution in [0, 0.1) is 25.2 Å². The number of rotatable bonds is 7. The molecule has 6 heteroatoms. The highest BCUT2D eigenvalue weighted by Crippen LogP contribution is 2.22. The van der Waals surface area contributed by atoms with E-state index in [4.69, 9.17) is 9.47 Å². The van der Waals surface area contributed by atoms with Crippen LogP contribution in [0.5, 0.6) is 5.75 Å². The van der Waals surface area contributed by atoms with Gasteiger partial charge in [0.25, 0.3) is 5.91 Å². The predicted molar refractivity (Wildman–Crippen MR) is 111 cm³/mol. The lowest BCUT2D eigenvalue weighted by Gasteiger charge is -2.14. The molecule has 0 bridgehead atoms. The second kappa shape index (κ2) is 9.44. The Bertz CT molecular complexity index is 947. The van der Waals surface area contributed by atoms with Crippen LogP contribution in [0.25, 0.3) is 6.08 Å². The van der Waals surface area contributed by atoms with Crippen LogP contribution in [0.2, 0.25) is 0 Å². The molecule has 6 nitrogen and oxygen atoms in total. The first-order valence-corrected chi connectivity index (χ1v) is 9.83. The maximum Gasteiger partial charge on any atom is 0.262 e. The van der Waals surface area contributed by atoms with Gasteiger partial charge in [-0.2, -0.15) is 5.26 Å². The van der Waals surface area contributed by atoms with Gasteiger partial charge in [-0.3, -0.25) is 4.79 Å². The lowest BCUT2D eigenvalue weighted by molar-refractivity contribution is -0.117. The van der Waals surface area contributed by atoms with E-state index in [1.54, 1.807) is 13.2 Å². The number of hydrogen-bond donors (Lipinski definition) is 1. The van der Waals surface area contributed by atoms with Gasteiger partial charge in [-0.15, -0.1) is 0 Å². The molecule has 1 aromatic carbocycles. The van der Waals surface area contributed by atoms with Gasteiger partial charge in [0.1, 0.15) is 17.4 Å². The Labute approximate surface area is 171 Å². The highest BCUT2D eigenvalue weighted by Gasteiger charge is 2.19. The number of nitrogens with zero attached hydrogens (tertiary/aromatic N) is 2. The van der Waals surface area contributed by atoms with Crippen molar-refractivity contribution in [1.29, 1.82) is 5.26 Å². The summed E-state index contributed by atoms with van der Waals surface area (Å²) in [7, 11) is 1.59. The third kappa shape index (κ3) is 4.87. The second-order valence-corrected chi connectivity index (χ2v) is 7.24. The van der Waals surface area contributed by atoms with Gasteiger partial charge in [0.2, 0.25) is 0 Å². The summed E-state index contributed by atoms with van der Waals surface area (Å²) >= 11 is 0. The predicted octanol–water partition coefficient (Wildman–Crippen LogP) is 3.52. The van der Waals surface area contributed by atoms with E-state index in [1.165, 1.54) is 0 Å². The first-order valence-electron chi connectivity index (χ1n) is 9.83. The zero-order valence-corrected chi connectivity index (χ0v) is 17.2. The number of aromatic nitrogens is 1. The first-order chi connectivity index (χ1) is 14.0. The Morgan fingerprint density at radius 1 is 1.41 bits per heavy atom. The third-order valence-corrected chi connectivity index (χ3v) is 5.32. The molecule has 0 radical (unpaired) electrons. The van der Waals surface area contributed by atoms with Crippen LogP contribution in [-0.2, 0) is 22.6 Å². The number of amides is 1. The van der Waals surface area contributed by atoms with E-state index < -0.39 is 5.91 Å². The second-order valence-electron chi connectivity index (χ2n) is 7.24. The van der Waals surface area contributed by atoms with Crippen molar-refractivity contribution in [2.24, 2.45) is 0 Å². The molecule has 1 aliphatic heterocycles. The maximum absolute atomic E-state index is 12.6. The lowest BCUT2D eigenvalue weighted by atomic mass is 10.1. The molecule has 0 aliphatic carbocycles. The molecule has 152 valence electrons. The van der Waals surface area contributed by atoms with Crippen molar-refractivity contribution in [2.75, 3.05) is 13.7 Å². The van der Waals surface area contributed by atoms with Gasteiger partial charge < -0.3 is 19.4 Å². The monoisotopic (exact) mass is 393 g/mol. The Hall–Kier alpha value is -3.04. The van der Waals surface area contributed by atoms with E-state index in [9.17, 15) is 10.1 Å². The number of hydrogen-bond acceptors (Lipinski definition) is 4. The van der Waals surface area contributed by atoms with Crippen molar-refractivity contribution in [3.8, 4) is 11.8 Å². The van der Waals surface area contributed by atoms with Crippen LogP contribution >= 0.6 is 0 Å². The fraction of sp³-hybridized carbons (Fsp3) is 0.391. The molecule has 1 aromatic heterocycles. The maximum atomic E-state index is 12.6. The molecule has 1 saturated heterocycles. The number of benzene rings is 1. The molecule has 1 amide bonds. The minimum Gasteiger partial charge on any atom is -0.496 e. The highest BCUT2D eigenvalue weighted by molar-refractivity contribution is 6.01. The number of nitriles is 1. The van der Waals surface area contributed by atoms with Gasteiger partial charge in [0, 0.05) is 36.6 Å². The van der Waals surface area contributed by atoms with Gasteiger partial charge in [0.05, 0.1) is 13.2 Å². The zero-order chi connectivity index (χ0) is 20.8. The average Bonchev–Trinajstić information content (AvgIpc) is 3.34. The molecule has 2 aromatic rings. The number of aryl methyl sites for hydroxylation is 1. The van der Waals surface area contributed by atoms with Crippen LogP contribution < -0.4 is 10.1 Å². The van der Waals surface area contributed by atoms with Crippen molar-refractivity contribution in [3.05, 3.63) is 58.4 Å². The summed E-state index contributed by atoms with van der Waals surface area (Å²) in [4.78, 5) is 12.6. The molecule has 0 saturated carbocycles. The summed E-state index contributed by atoms with van der Waals surface area (Å²) in [6.07, 6.45) is 4.06.